The molecule has 1 aliphatic rings. The third-order valence-corrected chi connectivity index (χ3v) is 8.87. The number of esters is 1. The van der Waals surface area contributed by atoms with E-state index in [-0.39, 0.29) is 11.5 Å². The molecule has 0 atom stereocenters. The number of rotatable bonds is 8. The number of fused-ring (bicyclic) bond motifs is 1. The predicted octanol–water partition coefficient (Wildman–Crippen LogP) is 4.86. The van der Waals surface area contributed by atoms with E-state index in [1.54, 1.807) is 31.2 Å². The average Bonchev–Trinajstić information content (AvgIpc) is 3.39. The van der Waals surface area contributed by atoms with Crippen LogP contribution in [-0.2, 0) is 32.4 Å². The molecule has 0 spiro atoms. The predicted molar refractivity (Wildman–Crippen MR) is 138 cm³/mol. The zero-order chi connectivity index (χ0) is 25.2. The van der Waals surface area contributed by atoms with Crippen molar-refractivity contribution in [2.24, 2.45) is 0 Å². The molecular weight excluding hydrogens is 484 g/mol. The summed E-state index contributed by atoms with van der Waals surface area (Å²) in [6.07, 6.45) is 2.56. The van der Waals surface area contributed by atoms with Crippen LogP contribution >= 0.6 is 11.3 Å². The Labute approximate surface area is 209 Å². The summed E-state index contributed by atoms with van der Waals surface area (Å²) in [6.45, 7) is 5.26. The standard InChI is InChI=1S/C26H28N2O5S2/c1-4-33-26(30)24-20-11-8-12-22(20)34-25(24)27-23(29)16-28(21-14-13-17(2)15-18(21)3)35(31,32)19-9-6-5-7-10-19/h5-7,9-10,13-15H,4,8,11-12,16H2,1-3H3,(H,27,29). The number of anilines is 2. The van der Waals surface area contributed by atoms with Crippen LogP contribution in [0, 0.1) is 13.8 Å². The molecule has 0 saturated heterocycles. The van der Waals surface area contributed by atoms with Crippen LogP contribution in [0.4, 0.5) is 10.7 Å². The summed E-state index contributed by atoms with van der Waals surface area (Å²) in [5, 5.41) is 3.22. The summed E-state index contributed by atoms with van der Waals surface area (Å²) >= 11 is 1.36. The first-order valence-corrected chi connectivity index (χ1v) is 13.7. The van der Waals surface area contributed by atoms with Gasteiger partial charge in [0.25, 0.3) is 10.0 Å². The molecule has 0 bridgehead atoms. The fraction of sp³-hybridized carbons (Fsp3) is 0.308. The summed E-state index contributed by atoms with van der Waals surface area (Å²) in [6, 6.07) is 13.4. The molecule has 0 radical (unpaired) electrons. The molecule has 1 aromatic heterocycles. The van der Waals surface area contributed by atoms with Gasteiger partial charge in [0.1, 0.15) is 11.5 Å². The van der Waals surface area contributed by atoms with E-state index in [2.05, 4.69) is 5.32 Å². The minimum Gasteiger partial charge on any atom is -0.462 e. The smallest absolute Gasteiger partial charge is 0.341 e. The quantitative estimate of drug-likeness (QED) is 0.435. The van der Waals surface area contributed by atoms with Gasteiger partial charge < -0.3 is 10.1 Å². The zero-order valence-corrected chi connectivity index (χ0v) is 21.6. The van der Waals surface area contributed by atoms with E-state index in [4.69, 9.17) is 4.74 Å². The van der Waals surface area contributed by atoms with E-state index in [0.29, 0.717) is 16.3 Å². The van der Waals surface area contributed by atoms with Crippen LogP contribution in [0.2, 0.25) is 0 Å². The first kappa shape index (κ1) is 24.9. The molecule has 0 unspecified atom stereocenters. The van der Waals surface area contributed by atoms with Crippen LogP contribution < -0.4 is 9.62 Å². The minimum atomic E-state index is -4.02. The maximum atomic E-state index is 13.6. The van der Waals surface area contributed by atoms with Gasteiger partial charge in [-0.15, -0.1) is 11.3 Å². The monoisotopic (exact) mass is 512 g/mol. The Morgan fingerprint density at radius 2 is 1.83 bits per heavy atom. The molecule has 7 nitrogen and oxygen atoms in total. The van der Waals surface area contributed by atoms with E-state index in [1.165, 1.54) is 23.5 Å². The Balaban J connectivity index is 1.68. The van der Waals surface area contributed by atoms with Gasteiger partial charge in [-0.25, -0.2) is 13.2 Å². The Hall–Kier alpha value is -3.17. The molecule has 1 N–H and O–H groups in total. The number of ether oxygens (including phenoxy) is 1. The van der Waals surface area contributed by atoms with E-state index < -0.39 is 28.4 Å². The van der Waals surface area contributed by atoms with Gasteiger partial charge in [-0.1, -0.05) is 35.9 Å². The zero-order valence-electron chi connectivity index (χ0n) is 20.0. The number of nitrogens with zero attached hydrogens (tertiary/aromatic N) is 1. The minimum absolute atomic E-state index is 0.0927. The lowest BCUT2D eigenvalue weighted by molar-refractivity contribution is -0.114. The van der Waals surface area contributed by atoms with Crippen molar-refractivity contribution in [3.63, 3.8) is 0 Å². The van der Waals surface area contributed by atoms with Gasteiger partial charge in [0.15, 0.2) is 0 Å². The van der Waals surface area contributed by atoms with Crippen LogP contribution in [0.5, 0.6) is 0 Å². The topological polar surface area (TPSA) is 92.8 Å². The number of aryl methyl sites for hydroxylation is 3. The number of carbonyl (C=O) groups is 2. The molecule has 2 aromatic carbocycles. The second kappa shape index (κ2) is 10.2. The average molecular weight is 513 g/mol. The molecule has 0 saturated carbocycles. The number of nitrogens with one attached hydrogen (secondary N) is 1. The van der Waals surface area contributed by atoms with E-state index in [1.807, 2.05) is 26.0 Å². The molecule has 0 fully saturated rings. The van der Waals surface area contributed by atoms with Crippen LogP contribution in [0.3, 0.4) is 0 Å². The number of sulfonamides is 1. The molecular formula is C26H28N2O5S2. The summed E-state index contributed by atoms with van der Waals surface area (Å²) in [7, 11) is -4.02. The van der Waals surface area contributed by atoms with Gasteiger partial charge in [0.05, 0.1) is 22.8 Å². The van der Waals surface area contributed by atoms with Gasteiger partial charge in [-0.05, 0) is 69.4 Å². The highest BCUT2D eigenvalue weighted by atomic mass is 32.2. The fourth-order valence-electron chi connectivity index (χ4n) is 4.31. The normalized spacial score (nSPS) is 12.8. The van der Waals surface area contributed by atoms with Crippen molar-refractivity contribution in [3.8, 4) is 0 Å². The van der Waals surface area contributed by atoms with Crippen molar-refractivity contribution in [1.29, 1.82) is 0 Å². The Morgan fingerprint density at radius 1 is 1.09 bits per heavy atom. The maximum absolute atomic E-state index is 13.6. The molecule has 9 heteroatoms. The molecule has 3 aromatic rings. The van der Waals surface area contributed by atoms with Crippen molar-refractivity contribution < 1.29 is 22.7 Å². The molecule has 1 amide bonds. The Bertz CT molecular complexity index is 1360. The van der Waals surface area contributed by atoms with Crippen molar-refractivity contribution >= 4 is 43.9 Å². The molecule has 4 rings (SSSR count). The van der Waals surface area contributed by atoms with Crippen LogP contribution in [-0.4, -0.2) is 33.4 Å². The lowest BCUT2D eigenvalue weighted by atomic mass is 10.1. The highest BCUT2D eigenvalue weighted by molar-refractivity contribution is 7.92. The van der Waals surface area contributed by atoms with Crippen molar-refractivity contribution in [1.82, 2.24) is 0 Å². The third-order valence-electron chi connectivity index (χ3n) is 5.89. The lowest BCUT2D eigenvalue weighted by Gasteiger charge is -2.26. The van der Waals surface area contributed by atoms with E-state index in [9.17, 15) is 18.0 Å². The van der Waals surface area contributed by atoms with Crippen molar-refractivity contribution in [2.75, 3.05) is 22.8 Å². The SMILES string of the molecule is CCOC(=O)c1c(NC(=O)CN(c2ccc(C)cc2C)S(=O)(=O)c2ccccc2)sc2c1CCC2. The van der Waals surface area contributed by atoms with Gasteiger partial charge in [-0.3, -0.25) is 9.10 Å². The van der Waals surface area contributed by atoms with E-state index >= 15 is 0 Å². The molecule has 184 valence electrons. The molecule has 0 aliphatic heterocycles. The fourth-order valence-corrected chi connectivity index (χ4v) is 7.11. The first-order chi connectivity index (χ1) is 16.7. The Kier molecular flexibility index (Phi) is 7.28. The van der Waals surface area contributed by atoms with Crippen molar-refractivity contribution in [3.05, 3.63) is 75.7 Å². The summed E-state index contributed by atoms with van der Waals surface area (Å²) < 4.78 is 33.6. The van der Waals surface area contributed by atoms with Gasteiger partial charge in [-0.2, -0.15) is 0 Å². The van der Waals surface area contributed by atoms with Gasteiger partial charge in [0.2, 0.25) is 5.91 Å². The lowest BCUT2D eigenvalue weighted by Crippen LogP contribution is -2.38. The summed E-state index contributed by atoms with van der Waals surface area (Å²) in [5.74, 6) is -1.000. The number of benzene rings is 2. The van der Waals surface area contributed by atoms with Crippen LogP contribution in [0.1, 0.15) is 45.3 Å². The van der Waals surface area contributed by atoms with Crippen LogP contribution in [0.25, 0.3) is 0 Å². The first-order valence-electron chi connectivity index (χ1n) is 11.5. The number of thiophene rings is 1. The largest absolute Gasteiger partial charge is 0.462 e. The molecule has 1 heterocycles. The Morgan fingerprint density at radius 3 is 2.51 bits per heavy atom. The van der Waals surface area contributed by atoms with Crippen LogP contribution in [0.15, 0.2) is 53.4 Å². The number of hydrogen-bond donors (Lipinski definition) is 1. The summed E-state index contributed by atoms with van der Waals surface area (Å²) in [4.78, 5) is 27.1. The second-order valence-electron chi connectivity index (χ2n) is 8.44. The second-order valence-corrected chi connectivity index (χ2v) is 11.4. The highest BCUT2D eigenvalue weighted by Gasteiger charge is 2.31. The molecule has 35 heavy (non-hydrogen) atoms. The number of hydrogen-bond acceptors (Lipinski definition) is 6. The third kappa shape index (κ3) is 5.11. The number of amides is 1. The van der Waals surface area contributed by atoms with Crippen molar-refractivity contribution in [2.45, 2.75) is 44.9 Å². The number of carbonyl (C=O) groups excluding carboxylic acids is 2. The summed E-state index contributed by atoms with van der Waals surface area (Å²) in [5.41, 5.74) is 3.46. The maximum Gasteiger partial charge on any atom is 0.341 e. The van der Waals surface area contributed by atoms with Gasteiger partial charge >= 0.3 is 5.97 Å². The molecule has 1 aliphatic carbocycles. The highest BCUT2D eigenvalue weighted by Crippen LogP contribution is 2.39. The van der Waals surface area contributed by atoms with Gasteiger partial charge in [0, 0.05) is 4.88 Å². The van der Waals surface area contributed by atoms with E-state index in [0.717, 1.165) is 45.1 Å².